The summed E-state index contributed by atoms with van der Waals surface area (Å²) in [5.74, 6) is 0.448. The molecule has 0 saturated carbocycles. The molecule has 3 aromatic rings. The Morgan fingerprint density at radius 2 is 2.23 bits per heavy atom. The third-order valence-electron chi connectivity index (χ3n) is 3.32. The van der Waals surface area contributed by atoms with Gasteiger partial charge >= 0.3 is 5.97 Å². The molecule has 0 aliphatic heterocycles. The van der Waals surface area contributed by atoms with Crippen molar-refractivity contribution in [2.24, 2.45) is 0 Å². The minimum atomic E-state index is -0.238. The van der Waals surface area contributed by atoms with Gasteiger partial charge in [-0.05, 0) is 23.9 Å². The van der Waals surface area contributed by atoms with Gasteiger partial charge in [-0.25, -0.2) is 0 Å². The molecule has 0 atom stereocenters. The normalized spacial score (nSPS) is 11.0. The van der Waals surface area contributed by atoms with Crippen molar-refractivity contribution in [1.29, 1.82) is 0 Å². The van der Waals surface area contributed by atoms with Gasteiger partial charge in [0, 0.05) is 16.1 Å². The van der Waals surface area contributed by atoms with E-state index in [1.165, 1.54) is 4.70 Å². The summed E-state index contributed by atoms with van der Waals surface area (Å²) in [6.07, 6.45) is 2.95. The first kappa shape index (κ1) is 14.7. The fraction of sp³-hybridized carbons (Fsp3) is 0.312. The molecule has 0 radical (unpaired) electrons. The van der Waals surface area contributed by atoms with Crippen LogP contribution in [0.3, 0.4) is 0 Å². The maximum atomic E-state index is 12.0. The number of carbonyl (C=O) groups excluding carboxylic acids is 1. The van der Waals surface area contributed by atoms with E-state index in [0.29, 0.717) is 12.2 Å². The van der Waals surface area contributed by atoms with Gasteiger partial charge in [0.05, 0.1) is 6.42 Å². The lowest BCUT2D eigenvalue weighted by Gasteiger charge is -2.05. The van der Waals surface area contributed by atoms with E-state index in [-0.39, 0.29) is 12.6 Å². The van der Waals surface area contributed by atoms with E-state index >= 15 is 0 Å². The maximum absolute atomic E-state index is 12.0. The maximum Gasteiger partial charge on any atom is 0.311 e. The lowest BCUT2D eigenvalue weighted by Crippen LogP contribution is -2.11. The van der Waals surface area contributed by atoms with Crippen LogP contribution in [-0.4, -0.2) is 20.7 Å². The van der Waals surface area contributed by atoms with E-state index in [1.807, 2.05) is 28.8 Å². The average Bonchev–Trinajstić information content (AvgIpc) is 3.11. The molecule has 0 aliphatic rings. The molecule has 22 heavy (non-hydrogen) atoms. The summed E-state index contributed by atoms with van der Waals surface area (Å²) >= 11 is 1.63. The third kappa shape index (κ3) is 3.33. The van der Waals surface area contributed by atoms with E-state index < -0.39 is 0 Å². The Balaban J connectivity index is 1.59. The predicted molar refractivity (Wildman–Crippen MR) is 85.6 cm³/mol. The molecule has 0 saturated heterocycles. The molecule has 0 aliphatic carbocycles. The van der Waals surface area contributed by atoms with Gasteiger partial charge in [-0.1, -0.05) is 25.1 Å². The predicted octanol–water partition coefficient (Wildman–Crippen LogP) is 3.19. The van der Waals surface area contributed by atoms with Crippen LogP contribution < -0.4 is 0 Å². The molecular weight excluding hydrogens is 298 g/mol. The molecule has 3 rings (SSSR count). The number of aryl methyl sites for hydroxylation is 1. The second-order valence-electron chi connectivity index (χ2n) is 5.03. The summed E-state index contributed by atoms with van der Waals surface area (Å²) in [6.45, 7) is 3.08. The Kier molecular flexibility index (Phi) is 4.48. The van der Waals surface area contributed by atoms with Gasteiger partial charge in [-0.15, -0.1) is 21.5 Å². The number of esters is 1. The Morgan fingerprint density at radius 1 is 1.36 bits per heavy atom. The molecule has 114 valence electrons. The lowest BCUT2D eigenvalue weighted by atomic mass is 10.2. The fourth-order valence-corrected chi connectivity index (χ4v) is 3.33. The number of hydrogen-bond acceptors (Lipinski definition) is 5. The molecule has 0 bridgehead atoms. The monoisotopic (exact) mass is 315 g/mol. The molecule has 2 aromatic heterocycles. The zero-order valence-electron chi connectivity index (χ0n) is 12.4. The molecule has 5 nitrogen and oxygen atoms in total. The van der Waals surface area contributed by atoms with E-state index in [2.05, 4.69) is 23.2 Å². The lowest BCUT2D eigenvalue weighted by molar-refractivity contribution is -0.144. The second kappa shape index (κ2) is 6.70. The van der Waals surface area contributed by atoms with Crippen molar-refractivity contribution in [3.05, 3.63) is 47.4 Å². The van der Waals surface area contributed by atoms with Crippen LogP contribution in [-0.2, 0) is 29.1 Å². The van der Waals surface area contributed by atoms with Crippen molar-refractivity contribution < 1.29 is 9.53 Å². The van der Waals surface area contributed by atoms with Crippen LogP contribution in [0.2, 0.25) is 0 Å². The number of hydrogen-bond donors (Lipinski definition) is 0. The highest BCUT2D eigenvalue weighted by molar-refractivity contribution is 7.19. The number of benzene rings is 1. The second-order valence-corrected chi connectivity index (χ2v) is 6.20. The first-order chi connectivity index (χ1) is 10.8. The van der Waals surface area contributed by atoms with Crippen LogP contribution in [0.5, 0.6) is 0 Å². The van der Waals surface area contributed by atoms with Gasteiger partial charge < -0.3 is 9.30 Å². The van der Waals surface area contributed by atoms with E-state index in [9.17, 15) is 4.79 Å². The van der Waals surface area contributed by atoms with Gasteiger partial charge in [0.15, 0.2) is 12.4 Å². The highest BCUT2D eigenvalue weighted by Gasteiger charge is 2.11. The van der Waals surface area contributed by atoms with Crippen LogP contribution in [0.25, 0.3) is 10.1 Å². The van der Waals surface area contributed by atoms with Crippen LogP contribution in [0.1, 0.15) is 24.0 Å². The topological polar surface area (TPSA) is 57.0 Å². The zero-order valence-corrected chi connectivity index (χ0v) is 13.2. The van der Waals surface area contributed by atoms with E-state index in [1.54, 1.807) is 17.7 Å². The van der Waals surface area contributed by atoms with Crippen LogP contribution >= 0.6 is 11.3 Å². The first-order valence-corrected chi connectivity index (χ1v) is 8.07. The molecule has 0 amide bonds. The third-order valence-corrected chi connectivity index (χ3v) is 4.43. The summed E-state index contributed by atoms with van der Waals surface area (Å²) in [6, 6.07) is 10.1. The summed E-state index contributed by atoms with van der Waals surface area (Å²) in [5.41, 5.74) is 0. The van der Waals surface area contributed by atoms with Gasteiger partial charge in [0.2, 0.25) is 0 Å². The Morgan fingerprint density at radius 3 is 3.05 bits per heavy atom. The van der Waals surface area contributed by atoms with Gasteiger partial charge in [-0.3, -0.25) is 4.79 Å². The smallest absolute Gasteiger partial charge is 0.311 e. The first-order valence-electron chi connectivity index (χ1n) is 7.26. The molecule has 0 fully saturated rings. The Labute approximate surface area is 132 Å². The quantitative estimate of drug-likeness (QED) is 0.656. The zero-order chi connectivity index (χ0) is 15.4. The molecule has 0 N–H and O–H groups in total. The minimum Gasteiger partial charge on any atom is -0.457 e. The number of fused-ring (bicyclic) bond motifs is 1. The number of ether oxygens (including phenoxy) is 1. The molecular formula is C16H17N3O2S. The number of nitrogens with zero attached hydrogens (tertiary/aromatic N) is 3. The van der Waals surface area contributed by atoms with Gasteiger partial charge in [0.1, 0.15) is 6.33 Å². The molecule has 6 heteroatoms. The average molecular weight is 315 g/mol. The molecule has 0 spiro atoms. The van der Waals surface area contributed by atoms with Gasteiger partial charge in [-0.2, -0.15) is 0 Å². The summed E-state index contributed by atoms with van der Waals surface area (Å²) < 4.78 is 8.42. The van der Waals surface area contributed by atoms with Crippen molar-refractivity contribution in [3.63, 3.8) is 0 Å². The molecule has 0 unspecified atom stereocenters. The fourth-order valence-electron chi connectivity index (χ4n) is 2.28. The molecule has 2 heterocycles. The number of thiophene rings is 1. The van der Waals surface area contributed by atoms with Crippen molar-refractivity contribution in [2.45, 2.75) is 32.9 Å². The Hall–Kier alpha value is -2.21. The number of aromatic nitrogens is 3. The van der Waals surface area contributed by atoms with Crippen LogP contribution in [0.4, 0.5) is 0 Å². The number of carbonyl (C=O) groups is 1. The van der Waals surface area contributed by atoms with Crippen molar-refractivity contribution in [1.82, 2.24) is 14.8 Å². The highest BCUT2D eigenvalue weighted by atomic mass is 32.1. The summed E-state index contributed by atoms with van der Waals surface area (Å²) in [5, 5.41) is 9.01. The van der Waals surface area contributed by atoms with Gasteiger partial charge in [0.25, 0.3) is 0 Å². The van der Waals surface area contributed by atoms with Crippen LogP contribution in [0.15, 0.2) is 36.7 Å². The summed E-state index contributed by atoms with van der Waals surface area (Å²) in [4.78, 5) is 13.0. The van der Waals surface area contributed by atoms with Crippen molar-refractivity contribution in [3.8, 4) is 0 Å². The van der Waals surface area contributed by atoms with Crippen molar-refractivity contribution in [2.75, 3.05) is 0 Å². The Bertz CT molecular complexity index is 745. The SMILES string of the molecule is CCCn1cnnc1COC(=O)Cc1cc2ccccc2s1. The minimum absolute atomic E-state index is 0.170. The van der Waals surface area contributed by atoms with E-state index in [0.717, 1.165) is 23.2 Å². The van der Waals surface area contributed by atoms with Crippen molar-refractivity contribution >= 4 is 27.4 Å². The highest BCUT2D eigenvalue weighted by Crippen LogP contribution is 2.25. The standard InChI is InChI=1S/C16H17N3O2S/c1-2-7-19-11-17-18-15(19)10-21-16(20)9-13-8-12-5-3-4-6-14(12)22-13/h3-6,8,11H,2,7,9-10H2,1H3. The largest absolute Gasteiger partial charge is 0.457 e. The summed E-state index contributed by atoms with van der Waals surface area (Å²) in [7, 11) is 0. The number of rotatable bonds is 6. The molecule has 1 aromatic carbocycles. The van der Waals surface area contributed by atoms with E-state index in [4.69, 9.17) is 4.74 Å². The van der Waals surface area contributed by atoms with Crippen LogP contribution in [0, 0.1) is 0 Å².